The molecule has 1 aliphatic carbocycles. The summed E-state index contributed by atoms with van der Waals surface area (Å²) < 4.78 is 5.27. The average Bonchev–Trinajstić information content (AvgIpc) is 2.72. The zero-order valence-electron chi connectivity index (χ0n) is 12.1. The lowest BCUT2D eigenvalue weighted by molar-refractivity contribution is -0.128. The van der Waals surface area contributed by atoms with Crippen molar-refractivity contribution in [1.82, 2.24) is 15.4 Å². The molecule has 0 radical (unpaired) electrons. The van der Waals surface area contributed by atoms with Gasteiger partial charge in [-0.05, 0) is 39.2 Å². The van der Waals surface area contributed by atoms with E-state index in [9.17, 15) is 4.79 Å². The van der Waals surface area contributed by atoms with E-state index in [4.69, 9.17) is 4.52 Å². The third-order valence-electron chi connectivity index (χ3n) is 4.38. The largest absolute Gasteiger partial charge is 0.360 e. The van der Waals surface area contributed by atoms with Crippen molar-refractivity contribution in [2.24, 2.45) is 5.92 Å². The van der Waals surface area contributed by atoms with E-state index < -0.39 is 0 Å². The van der Waals surface area contributed by atoms with Crippen molar-refractivity contribution in [2.45, 2.75) is 51.6 Å². The number of aromatic nitrogens is 1. The molecule has 1 atom stereocenters. The van der Waals surface area contributed by atoms with Crippen molar-refractivity contribution in [3.05, 3.63) is 17.5 Å². The number of piperidine rings is 1. The van der Waals surface area contributed by atoms with Crippen molar-refractivity contribution in [1.29, 1.82) is 0 Å². The van der Waals surface area contributed by atoms with Gasteiger partial charge in [0.05, 0.1) is 12.2 Å². The lowest BCUT2D eigenvalue weighted by Crippen LogP contribution is -2.49. The molecule has 1 amide bonds. The maximum Gasteiger partial charge on any atom is 0.223 e. The van der Waals surface area contributed by atoms with E-state index in [1.807, 2.05) is 13.0 Å². The number of rotatable bonds is 4. The lowest BCUT2D eigenvalue weighted by Gasteiger charge is -2.34. The van der Waals surface area contributed by atoms with Crippen LogP contribution in [0, 0.1) is 12.8 Å². The summed E-state index contributed by atoms with van der Waals surface area (Å²) in [4.78, 5) is 14.3. The van der Waals surface area contributed by atoms with Gasteiger partial charge in [0, 0.05) is 24.6 Å². The first kappa shape index (κ1) is 13.6. The van der Waals surface area contributed by atoms with Crippen LogP contribution in [0.3, 0.4) is 0 Å². The summed E-state index contributed by atoms with van der Waals surface area (Å²) >= 11 is 0. The normalized spacial score (nSPS) is 24.4. The second kappa shape index (κ2) is 5.95. The highest BCUT2D eigenvalue weighted by atomic mass is 16.5. The number of likely N-dealkylation sites (tertiary alicyclic amines) is 1. The molecule has 1 aromatic rings. The molecule has 1 N–H and O–H groups in total. The maximum atomic E-state index is 12.0. The van der Waals surface area contributed by atoms with E-state index >= 15 is 0 Å². The van der Waals surface area contributed by atoms with Gasteiger partial charge in [0.1, 0.15) is 0 Å². The Morgan fingerprint density at radius 3 is 2.95 bits per heavy atom. The average molecular weight is 277 g/mol. The van der Waals surface area contributed by atoms with Gasteiger partial charge in [-0.2, -0.15) is 0 Å². The Morgan fingerprint density at radius 2 is 2.30 bits per heavy atom. The van der Waals surface area contributed by atoms with Gasteiger partial charge in [0.2, 0.25) is 5.91 Å². The van der Waals surface area contributed by atoms with Crippen LogP contribution in [0.1, 0.15) is 43.6 Å². The minimum Gasteiger partial charge on any atom is -0.360 e. The fraction of sp³-hybridized carbons (Fsp3) is 0.733. The number of aryl methyl sites for hydroxylation is 1. The molecule has 2 aliphatic rings. The molecular weight excluding hydrogens is 254 g/mol. The van der Waals surface area contributed by atoms with Crippen molar-refractivity contribution in [3.8, 4) is 0 Å². The minimum atomic E-state index is 0.263. The fourth-order valence-corrected chi connectivity index (χ4v) is 3.02. The van der Waals surface area contributed by atoms with Crippen molar-refractivity contribution in [2.75, 3.05) is 13.1 Å². The van der Waals surface area contributed by atoms with Crippen LogP contribution in [-0.2, 0) is 11.3 Å². The molecule has 0 aromatic carbocycles. The topological polar surface area (TPSA) is 58.4 Å². The van der Waals surface area contributed by atoms with E-state index in [1.165, 1.54) is 6.42 Å². The van der Waals surface area contributed by atoms with Gasteiger partial charge in [-0.15, -0.1) is 0 Å². The van der Waals surface area contributed by atoms with Crippen molar-refractivity contribution < 1.29 is 9.32 Å². The molecule has 1 saturated carbocycles. The SMILES string of the molecule is Cc1cc(CN2CCCC(NC(=O)C3CCC3)C2)on1. The summed E-state index contributed by atoms with van der Waals surface area (Å²) in [7, 11) is 0. The molecular formula is C15H23N3O2. The van der Waals surface area contributed by atoms with Gasteiger partial charge in [-0.1, -0.05) is 11.6 Å². The van der Waals surface area contributed by atoms with Gasteiger partial charge in [0.25, 0.3) is 0 Å². The minimum absolute atomic E-state index is 0.263. The number of nitrogens with one attached hydrogen (secondary N) is 1. The maximum absolute atomic E-state index is 12.0. The van der Waals surface area contributed by atoms with E-state index in [2.05, 4.69) is 15.4 Å². The smallest absolute Gasteiger partial charge is 0.223 e. The van der Waals surface area contributed by atoms with Crippen molar-refractivity contribution in [3.63, 3.8) is 0 Å². The molecule has 110 valence electrons. The number of hydrogen-bond acceptors (Lipinski definition) is 4. The van der Waals surface area contributed by atoms with Crippen LogP contribution < -0.4 is 5.32 Å². The summed E-state index contributed by atoms with van der Waals surface area (Å²) in [6.45, 7) is 4.70. The first-order chi connectivity index (χ1) is 9.70. The van der Waals surface area contributed by atoms with Gasteiger partial charge in [-0.3, -0.25) is 9.69 Å². The van der Waals surface area contributed by atoms with E-state index in [0.29, 0.717) is 6.04 Å². The van der Waals surface area contributed by atoms with E-state index in [-0.39, 0.29) is 11.8 Å². The highest BCUT2D eigenvalue weighted by Crippen LogP contribution is 2.26. The predicted octanol–water partition coefficient (Wildman–Crippen LogP) is 1.86. The lowest BCUT2D eigenvalue weighted by atomic mass is 9.84. The number of hydrogen-bond donors (Lipinski definition) is 1. The van der Waals surface area contributed by atoms with E-state index in [0.717, 1.165) is 56.8 Å². The van der Waals surface area contributed by atoms with Crippen LogP contribution in [-0.4, -0.2) is 35.1 Å². The molecule has 20 heavy (non-hydrogen) atoms. The quantitative estimate of drug-likeness (QED) is 0.912. The number of carbonyl (C=O) groups is 1. The fourth-order valence-electron chi connectivity index (χ4n) is 3.02. The Kier molecular flexibility index (Phi) is 4.05. The Balaban J connectivity index is 1.49. The standard InChI is InChI=1S/C15H23N3O2/c1-11-8-14(20-17-11)10-18-7-3-6-13(9-18)16-15(19)12-4-2-5-12/h8,12-13H,2-7,9-10H2,1H3,(H,16,19). The summed E-state index contributed by atoms with van der Waals surface area (Å²) in [6.07, 6.45) is 5.56. The molecule has 3 rings (SSSR count). The molecule has 1 unspecified atom stereocenters. The summed E-state index contributed by atoms with van der Waals surface area (Å²) in [5.41, 5.74) is 0.923. The second-order valence-corrected chi connectivity index (χ2v) is 6.15. The van der Waals surface area contributed by atoms with Gasteiger partial charge in [-0.25, -0.2) is 0 Å². The first-order valence-electron chi connectivity index (χ1n) is 7.65. The van der Waals surface area contributed by atoms with Crippen LogP contribution in [0.2, 0.25) is 0 Å². The third-order valence-corrected chi connectivity index (χ3v) is 4.38. The van der Waals surface area contributed by atoms with Crippen molar-refractivity contribution >= 4 is 5.91 Å². The Hall–Kier alpha value is -1.36. The molecule has 5 nitrogen and oxygen atoms in total. The number of amides is 1. The highest BCUT2D eigenvalue weighted by molar-refractivity contribution is 5.79. The van der Waals surface area contributed by atoms with Gasteiger partial charge < -0.3 is 9.84 Å². The zero-order chi connectivity index (χ0) is 13.9. The van der Waals surface area contributed by atoms with Gasteiger partial charge in [0.15, 0.2) is 5.76 Å². The molecule has 2 fully saturated rings. The molecule has 0 spiro atoms. The number of carbonyl (C=O) groups excluding carboxylic acids is 1. The summed E-state index contributed by atoms with van der Waals surface area (Å²) in [5, 5.41) is 7.13. The zero-order valence-corrected chi connectivity index (χ0v) is 12.1. The van der Waals surface area contributed by atoms with Crippen LogP contribution in [0.25, 0.3) is 0 Å². The van der Waals surface area contributed by atoms with Crippen LogP contribution in [0.15, 0.2) is 10.6 Å². The molecule has 2 heterocycles. The molecule has 5 heteroatoms. The monoisotopic (exact) mass is 277 g/mol. The Morgan fingerprint density at radius 1 is 1.45 bits per heavy atom. The second-order valence-electron chi connectivity index (χ2n) is 6.15. The summed E-state index contributed by atoms with van der Waals surface area (Å²) in [6, 6.07) is 2.28. The number of nitrogens with zero attached hydrogens (tertiary/aromatic N) is 2. The van der Waals surface area contributed by atoms with E-state index in [1.54, 1.807) is 0 Å². The Labute approximate surface area is 119 Å². The van der Waals surface area contributed by atoms with Gasteiger partial charge >= 0.3 is 0 Å². The third kappa shape index (κ3) is 3.20. The Bertz CT molecular complexity index is 467. The molecule has 1 aromatic heterocycles. The van der Waals surface area contributed by atoms with Crippen LogP contribution in [0.4, 0.5) is 0 Å². The van der Waals surface area contributed by atoms with Crippen LogP contribution >= 0.6 is 0 Å². The molecule has 1 aliphatic heterocycles. The summed E-state index contributed by atoms with van der Waals surface area (Å²) in [5.74, 6) is 1.45. The molecule has 1 saturated heterocycles. The van der Waals surface area contributed by atoms with Crippen LogP contribution in [0.5, 0.6) is 0 Å². The highest BCUT2D eigenvalue weighted by Gasteiger charge is 2.28. The molecule has 0 bridgehead atoms. The first-order valence-corrected chi connectivity index (χ1v) is 7.65. The predicted molar refractivity (Wildman–Crippen MR) is 75.0 cm³/mol.